The van der Waals surface area contributed by atoms with Gasteiger partial charge in [-0.25, -0.2) is 0 Å². The largest absolute Gasteiger partial charge is 0.390 e. The summed E-state index contributed by atoms with van der Waals surface area (Å²) in [6.07, 6.45) is -0.317. The maximum Gasteiger partial charge on any atom is 0.0791 e. The smallest absolute Gasteiger partial charge is 0.0791 e. The van der Waals surface area contributed by atoms with Crippen LogP contribution < -0.4 is 5.32 Å². The molecule has 102 valence electrons. The van der Waals surface area contributed by atoms with Crippen LogP contribution in [0.1, 0.15) is 25.0 Å². The maximum absolute atomic E-state index is 9.90. The summed E-state index contributed by atoms with van der Waals surface area (Å²) in [5.41, 5.74) is 2.57. The molecule has 0 aliphatic heterocycles. The van der Waals surface area contributed by atoms with E-state index in [1.54, 1.807) is 0 Å². The number of nitrogens with one attached hydrogen (secondary N) is 1. The van der Waals surface area contributed by atoms with E-state index in [1.165, 1.54) is 11.1 Å². The van der Waals surface area contributed by atoms with Gasteiger partial charge in [0.25, 0.3) is 0 Å². The van der Waals surface area contributed by atoms with E-state index in [0.717, 1.165) is 6.54 Å². The van der Waals surface area contributed by atoms with Gasteiger partial charge in [0, 0.05) is 25.7 Å². The average molecular weight is 250 g/mol. The molecule has 0 amide bonds. The lowest BCUT2D eigenvalue weighted by Gasteiger charge is -2.21. The maximum atomic E-state index is 9.90. The normalized spacial score (nSPS) is 13.3. The molecule has 0 aliphatic carbocycles. The Morgan fingerprint density at radius 2 is 2.06 bits per heavy atom. The van der Waals surface area contributed by atoms with Crippen LogP contribution in [0.25, 0.3) is 0 Å². The molecule has 0 radical (unpaired) electrons. The number of rotatable bonds is 7. The molecular weight excluding hydrogens is 224 g/mol. The fraction of sp³-hybridized carbons (Fsp3) is 0.600. The number of hydrogen-bond donors (Lipinski definition) is 2. The Labute approximate surface area is 111 Å². The van der Waals surface area contributed by atoms with Crippen LogP contribution in [-0.2, 0) is 6.54 Å². The van der Waals surface area contributed by atoms with Crippen molar-refractivity contribution in [2.45, 2.75) is 39.5 Å². The van der Waals surface area contributed by atoms with Crippen molar-refractivity contribution in [1.82, 2.24) is 10.2 Å². The lowest BCUT2D eigenvalue weighted by atomic mass is 10.1. The predicted molar refractivity (Wildman–Crippen MR) is 76.7 cm³/mol. The van der Waals surface area contributed by atoms with Crippen LogP contribution in [-0.4, -0.2) is 42.3 Å². The lowest BCUT2D eigenvalue weighted by Crippen LogP contribution is -2.38. The molecule has 0 saturated carbocycles. The van der Waals surface area contributed by atoms with E-state index < -0.39 is 0 Å². The third kappa shape index (κ3) is 6.15. The fourth-order valence-electron chi connectivity index (χ4n) is 1.98. The van der Waals surface area contributed by atoms with Gasteiger partial charge in [0.05, 0.1) is 6.10 Å². The minimum Gasteiger partial charge on any atom is -0.390 e. The first-order chi connectivity index (χ1) is 8.47. The molecule has 0 saturated heterocycles. The van der Waals surface area contributed by atoms with Crippen molar-refractivity contribution in [3.05, 3.63) is 35.4 Å². The molecule has 2 N–H and O–H groups in total. The molecule has 3 heteroatoms. The van der Waals surface area contributed by atoms with Gasteiger partial charge in [-0.1, -0.05) is 43.7 Å². The number of aliphatic hydroxyl groups excluding tert-OH is 1. The Kier molecular flexibility index (Phi) is 6.33. The highest BCUT2D eigenvalue weighted by atomic mass is 16.3. The summed E-state index contributed by atoms with van der Waals surface area (Å²) >= 11 is 0. The van der Waals surface area contributed by atoms with Crippen LogP contribution in [0.15, 0.2) is 24.3 Å². The minimum absolute atomic E-state index is 0.317. The second-order valence-electron chi connectivity index (χ2n) is 5.40. The zero-order chi connectivity index (χ0) is 13.5. The van der Waals surface area contributed by atoms with Gasteiger partial charge in [0.2, 0.25) is 0 Å². The van der Waals surface area contributed by atoms with E-state index in [9.17, 15) is 5.11 Å². The van der Waals surface area contributed by atoms with Gasteiger partial charge < -0.3 is 10.4 Å². The van der Waals surface area contributed by atoms with Gasteiger partial charge in [-0.05, 0) is 19.5 Å². The molecule has 0 bridgehead atoms. The van der Waals surface area contributed by atoms with E-state index in [-0.39, 0.29) is 6.10 Å². The molecule has 1 rings (SSSR count). The first-order valence-electron chi connectivity index (χ1n) is 6.63. The van der Waals surface area contributed by atoms with Crippen LogP contribution in [0.5, 0.6) is 0 Å². The minimum atomic E-state index is -0.317. The van der Waals surface area contributed by atoms with Crippen molar-refractivity contribution in [2.75, 3.05) is 20.1 Å². The molecule has 18 heavy (non-hydrogen) atoms. The summed E-state index contributed by atoms with van der Waals surface area (Å²) in [5, 5.41) is 13.1. The van der Waals surface area contributed by atoms with Crippen LogP contribution in [0, 0.1) is 6.92 Å². The number of aliphatic hydroxyl groups is 1. The molecule has 1 atom stereocenters. The van der Waals surface area contributed by atoms with Crippen molar-refractivity contribution in [3.8, 4) is 0 Å². The quantitative estimate of drug-likeness (QED) is 0.774. The summed E-state index contributed by atoms with van der Waals surface area (Å²) in [4.78, 5) is 2.15. The van der Waals surface area contributed by atoms with Crippen molar-refractivity contribution in [1.29, 1.82) is 0 Å². The van der Waals surface area contributed by atoms with E-state index in [1.807, 2.05) is 7.05 Å². The summed E-state index contributed by atoms with van der Waals surface area (Å²) in [6.45, 7) is 8.49. The molecule has 1 aromatic carbocycles. The van der Waals surface area contributed by atoms with Gasteiger partial charge >= 0.3 is 0 Å². The Balaban J connectivity index is 2.34. The molecule has 0 aliphatic rings. The third-order valence-electron chi connectivity index (χ3n) is 2.82. The average Bonchev–Trinajstić information content (AvgIpc) is 2.26. The highest BCUT2D eigenvalue weighted by molar-refractivity contribution is 5.21. The molecule has 0 aromatic heterocycles. The predicted octanol–water partition coefficient (Wildman–Crippen LogP) is 1.79. The van der Waals surface area contributed by atoms with Gasteiger partial charge in [-0.3, -0.25) is 4.90 Å². The van der Waals surface area contributed by atoms with E-state index >= 15 is 0 Å². The molecule has 0 heterocycles. The van der Waals surface area contributed by atoms with Crippen molar-refractivity contribution in [2.24, 2.45) is 0 Å². The summed E-state index contributed by atoms with van der Waals surface area (Å²) in [5.74, 6) is 0. The van der Waals surface area contributed by atoms with Gasteiger partial charge in [-0.2, -0.15) is 0 Å². The van der Waals surface area contributed by atoms with E-state index in [4.69, 9.17) is 0 Å². The first-order valence-corrected chi connectivity index (χ1v) is 6.63. The monoisotopic (exact) mass is 250 g/mol. The van der Waals surface area contributed by atoms with E-state index in [0.29, 0.717) is 19.1 Å². The Morgan fingerprint density at radius 3 is 2.67 bits per heavy atom. The van der Waals surface area contributed by atoms with Crippen molar-refractivity contribution in [3.63, 3.8) is 0 Å². The summed E-state index contributed by atoms with van der Waals surface area (Å²) in [7, 11) is 2.04. The Hall–Kier alpha value is -0.900. The zero-order valence-electron chi connectivity index (χ0n) is 12.0. The molecule has 0 fully saturated rings. The van der Waals surface area contributed by atoms with Crippen LogP contribution in [0.2, 0.25) is 0 Å². The summed E-state index contributed by atoms with van der Waals surface area (Å²) in [6, 6.07) is 8.92. The van der Waals surface area contributed by atoms with Crippen LogP contribution in [0.4, 0.5) is 0 Å². The molecule has 0 spiro atoms. The molecular formula is C15H26N2O. The lowest BCUT2D eigenvalue weighted by molar-refractivity contribution is 0.119. The standard InChI is InChI=1S/C15H26N2O/c1-12(2)16-9-15(18)11-17(4)10-14-7-5-6-13(3)8-14/h5-8,12,15-16,18H,9-11H2,1-4H3. The molecule has 1 unspecified atom stereocenters. The first kappa shape index (κ1) is 15.2. The topological polar surface area (TPSA) is 35.5 Å². The number of hydrogen-bond acceptors (Lipinski definition) is 3. The highest BCUT2D eigenvalue weighted by Crippen LogP contribution is 2.06. The second-order valence-corrected chi connectivity index (χ2v) is 5.40. The van der Waals surface area contributed by atoms with Crippen molar-refractivity contribution < 1.29 is 5.11 Å². The van der Waals surface area contributed by atoms with E-state index in [2.05, 4.69) is 55.3 Å². The van der Waals surface area contributed by atoms with Crippen LogP contribution in [0.3, 0.4) is 0 Å². The summed E-state index contributed by atoms with van der Waals surface area (Å²) < 4.78 is 0. The second kappa shape index (κ2) is 7.52. The molecule has 1 aromatic rings. The number of aryl methyl sites for hydroxylation is 1. The van der Waals surface area contributed by atoms with Gasteiger partial charge in [0.15, 0.2) is 0 Å². The fourth-order valence-corrected chi connectivity index (χ4v) is 1.98. The third-order valence-corrected chi connectivity index (χ3v) is 2.82. The molecule has 3 nitrogen and oxygen atoms in total. The van der Waals surface area contributed by atoms with Gasteiger partial charge in [-0.15, -0.1) is 0 Å². The Bertz CT molecular complexity index is 352. The highest BCUT2D eigenvalue weighted by Gasteiger charge is 2.09. The number of nitrogens with zero attached hydrogens (tertiary/aromatic N) is 1. The van der Waals surface area contributed by atoms with Crippen molar-refractivity contribution >= 4 is 0 Å². The zero-order valence-corrected chi connectivity index (χ0v) is 12.0. The van der Waals surface area contributed by atoms with Crippen LogP contribution >= 0.6 is 0 Å². The number of likely N-dealkylation sites (N-methyl/N-ethyl adjacent to an activating group) is 1. The van der Waals surface area contributed by atoms with Gasteiger partial charge in [0.1, 0.15) is 0 Å². The SMILES string of the molecule is Cc1cccc(CN(C)CC(O)CNC(C)C)c1. The Morgan fingerprint density at radius 1 is 1.33 bits per heavy atom. The number of benzene rings is 1.